The number of nitrogens with zero attached hydrogens (tertiary/aromatic N) is 2. The molecule has 10 heteroatoms. The molecule has 1 unspecified atom stereocenters. The molecule has 126 valence electrons. The molecule has 0 saturated carbocycles. The summed E-state index contributed by atoms with van der Waals surface area (Å²) in [5, 5.41) is 17.7. The Labute approximate surface area is 139 Å². The van der Waals surface area contributed by atoms with Crippen LogP contribution in [0.15, 0.2) is 28.4 Å². The van der Waals surface area contributed by atoms with E-state index in [0.29, 0.717) is 0 Å². The monoisotopic (exact) mass is 353 g/mol. The van der Waals surface area contributed by atoms with Crippen molar-refractivity contribution in [3.8, 4) is 0 Å². The predicted molar refractivity (Wildman–Crippen MR) is 84.5 cm³/mol. The minimum atomic E-state index is -1.10. The maximum Gasteiger partial charge on any atom is 0.340 e. The summed E-state index contributed by atoms with van der Waals surface area (Å²) in [6.07, 6.45) is 0.737. The van der Waals surface area contributed by atoms with E-state index in [1.54, 1.807) is 0 Å². The summed E-state index contributed by atoms with van der Waals surface area (Å²) in [5.41, 5.74) is -0.224. The van der Waals surface area contributed by atoms with Crippen molar-refractivity contribution < 1.29 is 28.6 Å². The van der Waals surface area contributed by atoms with Crippen molar-refractivity contribution in [3.63, 3.8) is 0 Å². The highest BCUT2D eigenvalue weighted by atomic mass is 32.2. The summed E-state index contributed by atoms with van der Waals surface area (Å²) in [7, 11) is 1.14. The van der Waals surface area contributed by atoms with Crippen molar-refractivity contribution in [3.05, 3.63) is 35.1 Å². The largest absolute Gasteiger partial charge is 0.481 e. The third-order valence-electron chi connectivity index (χ3n) is 2.92. The van der Waals surface area contributed by atoms with Gasteiger partial charge in [-0.05, 0) is 6.07 Å². The van der Waals surface area contributed by atoms with Crippen molar-refractivity contribution in [2.45, 2.75) is 11.7 Å². The van der Waals surface area contributed by atoms with Crippen LogP contribution in [0.2, 0.25) is 0 Å². The number of esters is 1. The van der Waals surface area contributed by atoms with Crippen LogP contribution in [-0.4, -0.2) is 46.7 Å². The van der Waals surface area contributed by atoms with E-state index in [-0.39, 0.29) is 22.7 Å². The molecule has 1 aromatic rings. The third-order valence-corrected chi connectivity index (χ3v) is 3.99. The number of carbonyl (C=O) groups is 3. The quantitative estimate of drug-likeness (QED) is 0.463. The second-order valence-corrected chi connectivity index (χ2v) is 5.74. The van der Waals surface area contributed by atoms with Crippen molar-refractivity contribution >= 4 is 41.0 Å². The molecule has 1 fully saturated rings. The average molecular weight is 353 g/mol. The number of carboxylic acid groups (broad SMARTS) is 1. The molecule has 0 radical (unpaired) electrons. The van der Waals surface area contributed by atoms with Crippen LogP contribution in [0.25, 0.3) is 0 Å². The topological polar surface area (TPSA) is 117 Å². The standard InChI is InChI=1S/C14H12FN3O5S/c1-23-13(22)8-4-2-3-7(11(8)15)6-16-18-14-17-12(21)9(24-14)5-10(19)20/h2-4,6,9H,5H2,1H3,(H,19,20)(H,17,18,21). The number of amidine groups is 1. The first-order valence-corrected chi connectivity index (χ1v) is 7.47. The van der Waals surface area contributed by atoms with Crippen LogP contribution >= 0.6 is 11.8 Å². The number of hydrogen-bond acceptors (Lipinski definition) is 7. The summed E-state index contributed by atoms with van der Waals surface area (Å²) in [5.74, 6) is -3.20. The van der Waals surface area contributed by atoms with Gasteiger partial charge in [0.25, 0.3) is 0 Å². The SMILES string of the molecule is COC(=O)c1cccc(C=NN=C2NC(=O)C(CC(=O)O)S2)c1F. The molecular formula is C14H12FN3O5S. The minimum Gasteiger partial charge on any atom is -0.481 e. The molecule has 1 aliphatic rings. The van der Waals surface area contributed by atoms with Gasteiger partial charge in [-0.25, -0.2) is 9.18 Å². The predicted octanol–water partition coefficient (Wildman–Crippen LogP) is 1.01. The number of rotatable bonds is 5. The second kappa shape index (κ2) is 7.68. The van der Waals surface area contributed by atoms with Gasteiger partial charge < -0.3 is 15.2 Å². The molecule has 2 N–H and O–H groups in total. The normalized spacial score (nSPS) is 18.8. The van der Waals surface area contributed by atoms with Crippen LogP contribution in [0, 0.1) is 5.82 Å². The van der Waals surface area contributed by atoms with Gasteiger partial charge in [0, 0.05) is 5.56 Å². The Morgan fingerprint density at radius 2 is 2.25 bits per heavy atom. The van der Waals surface area contributed by atoms with Crippen LogP contribution in [0.4, 0.5) is 4.39 Å². The first-order chi connectivity index (χ1) is 11.4. The summed E-state index contributed by atoms with van der Waals surface area (Å²) in [6, 6.07) is 4.12. The third kappa shape index (κ3) is 4.16. The number of nitrogens with one attached hydrogen (secondary N) is 1. The highest BCUT2D eigenvalue weighted by Gasteiger charge is 2.32. The molecule has 2 rings (SSSR count). The van der Waals surface area contributed by atoms with Gasteiger partial charge in [0.1, 0.15) is 11.1 Å². The molecule has 1 aromatic carbocycles. The number of carbonyl (C=O) groups excluding carboxylic acids is 2. The zero-order valence-corrected chi connectivity index (χ0v) is 13.2. The molecule has 1 heterocycles. The van der Waals surface area contributed by atoms with Crippen molar-refractivity contribution in [2.75, 3.05) is 7.11 Å². The van der Waals surface area contributed by atoms with Gasteiger partial charge >= 0.3 is 11.9 Å². The number of hydrogen-bond donors (Lipinski definition) is 2. The Bertz CT molecular complexity index is 750. The molecular weight excluding hydrogens is 341 g/mol. The van der Waals surface area contributed by atoms with Gasteiger partial charge in [-0.3, -0.25) is 9.59 Å². The van der Waals surface area contributed by atoms with Crippen molar-refractivity contribution in [1.82, 2.24) is 5.32 Å². The molecule has 0 aromatic heterocycles. The number of methoxy groups -OCH3 is 1. The summed E-state index contributed by atoms with van der Waals surface area (Å²) >= 11 is 0.925. The number of carboxylic acids is 1. The van der Waals surface area contributed by atoms with Gasteiger partial charge in [-0.1, -0.05) is 23.9 Å². The Morgan fingerprint density at radius 3 is 2.92 bits per heavy atom. The van der Waals surface area contributed by atoms with Gasteiger partial charge in [0.05, 0.1) is 25.3 Å². The van der Waals surface area contributed by atoms with Crippen LogP contribution in [0.5, 0.6) is 0 Å². The number of thioether (sulfide) groups is 1. The Kier molecular flexibility index (Phi) is 5.64. The van der Waals surface area contributed by atoms with Crippen LogP contribution in [0.3, 0.4) is 0 Å². The number of halogens is 1. The van der Waals surface area contributed by atoms with E-state index in [9.17, 15) is 18.8 Å². The van der Waals surface area contributed by atoms with E-state index in [1.807, 2.05) is 0 Å². The molecule has 24 heavy (non-hydrogen) atoms. The number of amides is 1. The van der Waals surface area contributed by atoms with Crippen LogP contribution in [0.1, 0.15) is 22.3 Å². The molecule has 0 bridgehead atoms. The maximum absolute atomic E-state index is 14.1. The van der Waals surface area contributed by atoms with Crippen molar-refractivity contribution in [2.24, 2.45) is 10.2 Å². The lowest BCUT2D eigenvalue weighted by Crippen LogP contribution is -2.26. The van der Waals surface area contributed by atoms with E-state index in [4.69, 9.17) is 5.11 Å². The van der Waals surface area contributed by atoms with Gasteiger partial charge in [-0.2, -0.15) is 5.10 Å². The Balaban J connectivity index is 2.11. The first-order valence-electron chi connectivity index (χ1n) is 6.59. The smallest absolute Gasteiger partial charge is 0.340 e. The van der Waals surface area contributed by atoms with E-state index >= 15 is 0 Å². The summed E-state index contributed by atoms with van der Waals surface area (Å²) in [4.78, 5) is 33.5. The first kappa shape index (κ1) is 17.6. The van der Waals surface area contributed by atoms with Crippen LogP contribution in [-0.2, 0) is 14.3 Å². The van der Waals surface area contributed by atoms with Gasteiger partial charge in [0.15, 0.2) is 5.17 Å². The molecule has 1 saturated heterocycles. The molecule has 1 amide bonds. The van der Waals surface area contributed by atoms with E-state index in [0.717, 1.165) is 25.1 Å². The zero-order chi connectivity index (χ0) is 17.7. The van der Waals surface area contributed by atoms with Crippen molar-refractivity contribution in [1.29, 1.82) is 0 Å². The lowest BCUT2D eigenvalue weighted by atomic mass is 10.1. The number of benzene rings is 1. The Hall–Kier alpha value is -2.75. The van der Waals surface area contributed by atoms with Gasteiger partial charge in [-0.15, -0.1) is 5.10 Å². The summed E-state index contributed by atoms with van der Waals surface area (Å²) in [6.45, 7) is 0. The Morgan fingerprint density at radius 1 is 1.50 bits per heavy atom. The number of ether oxygens (including phenoxy) is 1. The average Bonchev–Trinajstić information content (AvgIpc) is 2.87. The fourth-order valence-electron chi connectivity index (χ4n) is 1.81. The highest BCUT2D eigenvalue weighted by Crippen LogP contribution is 2.22. The molecule has 0 spiro atoms. The highest BCUT2D eigenvalue weighted by molar-refractivity contribution is 8.15. The zero-order valence-electron chi connectivity index (χ0n) is 12.4. The molecule has 1 atom stereocenters. The maximum atomic E-state index is 14.1. The molecule has 0 aliphatic carbocycles. The second-order valence-electron chi connectivity index (χ2n) is 4.54. The molecule has 8 nitrogen and oxygen atoms in total. The molecule has 1 aliphatic heterocycles. The lowest BCUT2D eigenvalue weighted by Gasteiger charge is -2.02. The van der Waals surface area contributed by atoms with E-state index in [1.165, 1.54) is 18.2 Å². The lowest BCUT2D eigenvalue weighted by molar-refractivity contribution is -0.138. The minimum absolute atomic E-state index is 0.0126. The fourth-order valence-corrected chi connectivity index (χ4v) is 2.72. The summed E-state index contributed by atoms with van der Waals surface area (Å²) < 4.78 is 18.6. The number of aliphatic carboxylic acids is 1. The van der Waals surface area contributed by atoms with Crippen LogP contribution < -0.4 is 5.32 Å². The van der Waals surface area contributed by atoms with E-state index in [2.05, 4.69) is 20.3 Å². The fraction of sp³-hybridized carbons (Fsp3) is 0.214. The van der Waals surface area contributed by atoms with E-state index < -0.39 is 28.9 Å². The van der Waals surface area contributed by atoms with Gasteiger partial charge in [0.2, 0.25) is 5.91 Å².